The molecular weight excluding hydrogens is 403 g/mol. The number of carbonyl (C=O) groups excluding carboxylic acids is 1. The summed E-state index contributed by atoms with van der Waals surface area (Å²) in [5, 5.41) is 3.30. The zero-order chi connectivity index (χ0) is 21.9. The summed E-state index contributed by atoms with van der Waals surface area (Å²) in [6.07, 6.45) is 7.66. The van der Waals surface area contributed by atoms with Crippen LogP contribution in [0.2, 0.25) is 0 Å². The number of rotatable bonds is 5. The van der Waals surface area contributed by atoms with E-state index in [1.165, 1.54) is 25.3 Å². The van der Waals surface area contributed by atoms with Crippen molar-refractivity contribution in [1.82, 2.24) is 14.9 Å². The Morgan fingerprint density at radius 3 is 2.56 bits per heavy atom. The molecule has 1 aliphatic carbocycles. The van der Waals surface area contributed by atoms with Crippen molar-refractivity contribution >= 4 is 22.9 Å². The van der Waals surface area contributed by atoms with Crippen LogP contribution in [0.15, 0.2) is 48.5 Å². The van der Waals surface area contributed by atoms with Crippen LogP contribution in [-0.4, -0.2) is 34.6 Å². The highest BCUT2D eigenvalue weighted by molar-refractivity contribution is 5.80. The van der Waals surface area contributed by atoms with Crippen molar-refractivity contribution < 1.29 is 9.18 Å². The molecule has 2 aromatic carbocycles. The smallest absolute Gasteiger partial charge is 0.223 e. The molecule has 1 saturated heterocycles. The summed E-state index contributed by atoms with van der Waals surface area (Å²) < 4.78 is 16.0. The van der Waals surface area contributed by atoms with Gasteiger partial charge in [-0.05, 0) is 55.5 Å². The molecule has 0 atom stereocenters. The third-order valence-electron chi connectivity index (χ3n) is 6.96. The fourth-order valence-electron chi connectivity index (χ4n) is 5.19. The van der Waals surface area contributed by atoms with Gasteiger partial charge in [-0.15, -0.1) is 0 Å². The Morgan fingerprint density at radius 2 is 1.78 bits per heavy atom. The van der Waals surface area contributed by atoms with Crippen LogP contribution in [0.4, 0.5) is 10.3 Å². The van der Waals surface area contributed by atoms with E-state index in [0.717, 1.165) is 61.3 Å². The minimum Gasteiger partial charge on any atom is -0.353 e. The second kappa shape index (κ2) is 9.31. The molecular formula is C26H31FN4O. The normalized spacial score (nSPS) is 18.2. The molecule has 1 amide bonds. The first-order chi connectivity index (χ1) is 15.7. The Bertz CT molecular complexity index is 1080. The molecule has 0 radical (unpaired) electrons. The molecule has 32 heavy (non-hydrogen) atoms. The largest absolute Gasteiger partial charge is 0.353 e. The average Bonchev–Trinajstić information content (AvgIpc) is 3.18. The van der Waals surface area contributed by atoms with Crippen molar-refractivity contribution in [1.29, 1.82) is 0 Å². The monoisotopic (exact) mass is 434 g/mol. The molecule has 2 heterocycles. The Balaban J connectivity index is 1.31. The maximum atomic E-state index is 13.8. The highest BCUT2D eigenvalue weighted by atomic mass is 19.1. The predicted octanol–water partition coefficient (Wildman–Crippen LogP) is 4.89. The molecule has 0 spiro atoms. The summed E-state index contributed by atoms with van der Waals surface area (Å²) in [6, 6.07) is 15.2. The summed E-state index contributed by atoms with van der Waals surface area (Å²) in [5.41, 5.74) is 2.90. The van der Waals surface area contributed by atoms with Gasteiger partial charge in [-0.1, -0.05) is 43.5 Å². The fraction of sp³-hybridized carbons (Fsp3) is 0.462. The van der Waals surface area contributed by atoms with Crippen molar-refractivity contribution in [2.45, 2.75) is 57.5 Å². The molecule has 0 unspecified atom stereocenters. The van der Waals surface area contributed by atoms with E-state index >= 15 is 0 Å². The lowest BCUT2D eigenvalue weighted by Crippen LogP contribution is -2.45. The van der Waals surface area contributed by atoms with Crippen LogP contribution >= 0.6 is 0 Å². The Hall–Kier alpha value is -2.89. The van der Waals surface area contributed by atoms with E-state index in [1.54, 1.807) is 12.1 Å². The number of piperidine rings is 1. The number of nitrogens with zero attached hydrogens (tertiary/aromatic N) is 3. The molecule has 1 aromatic heterocycles. The van der Waals surface area contributed by atoms with Gasteiger partial charge in [0.2, 0.25) is 11.9 Å². The average molecular weight is 435 g/mol. The first-order valence-corrected chi connectivity index (χ1v) is 11.9. The third kappa shape index (κ3) is 4.50. The molecule has 1 aliphatic heterocycles. The third-order valence-corrected chi connectivity index (χ3v) is 6.96. The number of amides is 1. The Labute approximate surface area is 188 Å². The van der Waals surface area contributed by atoms with Gasteiger partial charge in [-0.25, -0.2) is 9.37 Å². The van der Waals surface area contributed by atoms with Crippen LogP contribution < -0.4 is 10.2 Å². The van der Waals surface area contributed by atoms with Gasteiger partial charge in [0.05, 0.1) is 17.6 Å². The van der Waals surface area contributed by atoms with Crippen LogP contribution in [0, 0.1) is 11.7 Å². The quantitative estimate of drug-likeness (QED) is 0.622. The first kappa shape index (κ1) is 21.0. The van der Waals surface area contributed by atoms with Crippen molar-refractivity contribution in [3.8, 4) is 0 Å². The standard InChI is InChI=1S/C26H31FN4O/c27-21-8-6-7-19(17-21)18-31-24-12-5-4-11-23(24)29-26(31)30-15-13-20(14-16-30)25(32)28-22-9-2-1-3-10-22/h4-8,11-12,17,20,22H,1-3,9-10,13-16,18H2,(H,28,32). The van der Waals surface area contributed by atoms with E-state index in [4.69, 9.17) is 4.98 Å². The summed E-state index contributed by atoms with van der Waals surface area (Å²) in [4.78, 5) is 20.0. The lowest BCUT2D eigenvalue weighted by molar-refractivity contribution is -0.126. The van der Waals surface area contributed by atoms with E-state index in [-0.39, 0.29) is 17.6 Å². The Morgan fingerprint density at radius 1 is 1.00 bits per heavy atom. The summed E-state index contributed by atoms with van der Waals surface area (Å²) in [6.45, 7) is 2.17. The predicted molar refractivity (Wildman–Crippen MR) is 125 cm³/mol. The van der Waals surface area contributed by atoms with Crippen molar-refractivity contribution in [2.24, 2.45) is 5.92 Å². The van der Waals surface area contributed by atoms with Crippen molar-refractivity contribution in [3.63, 3.8) is 0 Å². The highest BCUT2D eigenvalue weighted by Gasteiger charge is 2.29. The number of anilines is 1. The van der Waals surface area contributed by atoms with Gasteiger partial charge in [-0.2, -0.15) is 0 Å². The molecule has 2 fully saturated rings. The second-order valence-electron chi connectivity index (χ2n) is 9.22. The van der Waals surface area contributed by atoms with Crippen molar-refractivity contribution in [2.75, 3.05) is 18.0 Å². The van der Waals surface area contributed by atoms with Crippen LogP contribution in [0.1, 0.15) is 50.5 Å². The lowest BCUT2D eigenvalue weighted by atomic mass is 9.92. The van der Waals surface area contributed by atoms with Gasteiger partial charge in [0.1, 0.15) is 5.82 Å². The van der Waals surface area contributed by atoms with E-state index in [1.807, 2.05) is 24.3 Å². The summed E-state index contributed by atoms with van der Waals surface area (Å²) in [5.74, 6) is 0.985. The second-order valence-corrected chi connectivity index (χ2v) is 9.22. The highest BCUT2D eigenvalue weighted by Crippen LogP contribution is 2.28. The SMILES string of the molecule is O=C(NC1CCCCC1)C1CCN(c2nc3ccccc3n2Cc2cccc(F)c2)CC1. The topological polar surface area (TPSA) is 50.2 Å². The number of hydrogen-bond donors (Lipinski definition) is 1. The van der Waals surface area contributed by atoms with Crippen LogP contribution in [0.5, 0.6) is 0 Å². The molecule has 1 saturated carbocycles. The molecule has 0 bridgehead atoms. The van der Waals surface area contributed by atoms with Gasteiger partial charge in [0.15, 0.2) is 0 Å². The lowest BCUT2D eigenvalue weighted by Gasteiger charge is -2.33. The number of imidazole rings is 1. The molecule has 3 aromatic rings. The number of carbonyl (C=O) groups is 1. The van der Waals surface area contributed by atoms with Crippen LogP contribution in [0.25, 0.3) is 11.0 Å². The molecule has 168 valence electrons. The minimum absolute atomic E-state index is 0.0780. The number of nitrogens with one attached hydrogen (secondary N) is 1. The van der Waals surface area contributed by atoms with Gasteiger partial charge < -0.3 is 14.8 Å². The zero-order valence-corrected chi connectivity index (χ0v) is 18.5. The van der Waals surface area contributed by atoms with Crippen LogP contribution in [0.3, 0.4) is 0 Å². The van der Waals surface area contributed by atoms with E-state index < -0.39 is 0 Å². The molecule has 2 aliphatic rings. The number of fused-ring (bicyclic) bond motifs is 1. The maximum absolute atomic E-state index is 13.8. The van der Waals surface area contributed by atoms with Gasteiger partial charge >= 0.3 is 0 Å². The minimum atomic E-state index is -0.224. The Kier molecular flexibility index (Phi) is 6.10. The van der Waals surface area contributed by atoms with E-state index in [2.05, 4.69) is 20.9 Å². The number of aromatic nitrogens is 2. The van der Waals surface area contributed by atoms with E-state index in [9.17, 15) is 9.18 Å². The number of halogens is 1. The number of benzene rings is 2. The summed E-state index contributed by atoms with van der Waals surface area (Å²) in [7, 11) is 0. The zero-order valence-electron chi connectivity index (χ0n) is 18.5. The summed E-state index contributed by atoms with van der Waals surface area (Å²) >= 11 is 0. The number of para-hydroxylation sites is 2. The van der Waals surface area contributed by atoms with Gasteiger partial charge in [0, 0.05) is 25.0 Å². The molecule has 1 N–H and O–H groups in total. The van der Waals surface area contributed by atoms with Gasteiger partial charge in [-0.3, -0.25) is 4.79 Å². The van der Waals surface area contributed by atoms with Crippen molar-refractivity contribution in [3.05, 3.63) is 59.9 Å². The molecule has 5 rings (SSSR count). The molecule has 6 heteroatoms. The van der Waals surface area contributed by atoms with Crippen LogP contribution in [-0.2, 0) is 11.3 Å². The van der Waals surface area contributed by atoms with Gasteiger partial charge in [0.25, 0.3) is 0 Å². The maximum Gasteiger partial charge on any atom is 0.223 e. The molecule has 5 nitrogen and oxygen atoms in total. The number of hydrogen-bond acceptors (Lipinski definition) is 3. The fourth-order valence-corrected chi connectivity index (χ4v) is 5.19. The first-order valence-electron chi connectivity index (χ1n) is 11.9. The van der Waals surface area contributed by atoms with E-state index in [0.29, 0.717) is 12.6 Å².